The number of hydrogen-bond acceptors (Lipinski definition) is 4. The Bertz CT molecular complexity index is 433. The van der Waals surface area contributed by atoms with Crippen LogP contribution < -0.4 is 21.3 Å². The average Bonchev–Trinajstić information content (AvgIpc) is 2.72. The molecule has 1 aromatic rings. The summed E-state index contributed by atoms with van der Waals surface area (Å²) in [7, 11) is 0. The zero-order valence-corrected chi connectivity index (χ0v) is 8.40. The maximum absolute atomic E-state index is 11.3. The minimum Gasteiger partial charge on any atom is -0.491 e. The second-order valence-corrected chi connectivity index (χ2v) is 3.35. The molecule has 0 spiro atoms. The lowest BCUT2D eigenvalue weighted by atomic mass is 10.1. The molecule has 0 bridgehead atoms. The summed E-state index contributed by atoms with van der Waals surface area (Å²) in [6, 6.07) is 7.03. The van der Waals surface area contributed by atoms with Crippen LogP contribution in [0.25, 0.3) is 0 Å². The molecule has 1 unspecified atom stereocenters. The molecule has 6 nitrogen and oxygen atoms in total. The first-order valence-electron chi connectivity index (χ1n) is 4.75. The summed E-state index contributed by atoms with van der Waals surface area (Å²) in [6.45, 7) is 0.322. The van der Waals surface area contributed by atoms with Crippen LogP contribution in [0.2, 0.25) is 0 Å². The van der Waals surface area contributed by atoms with E-state index in [0.717, 1.165) is 11.3 Å². The number of hydrazine groups is 1. The monoisotopic (exact) mass is 221 g/mol. The van der Waals surface area contributed by atoms with Gasteiger partial charge in [0, 0.05) is 5.56 Å². The first kappa shape index (κ1) is 10.4. The third-order valence-corrected chi connectivity index (χ3v) is 2.34. The second kappa shape index (κ2) is 4.19. The van der Waals surface area contributed by atoms with E-state index in [-0.39, 0.29) is 6.04 Å². The molecule has 1 aromatic carbocycles. The number of carbonyl (C=O) groups is 2. The Kier molecular flexibility index (Phi) is 2.74. The van der Waals surface area contributed by atoms with Gasteiger partial charge in [-0.3, -0.25) is 15.0 Å². The number of benzene rings is 1. The molecule has 1 heterocycles. The largest absolute Gasteiger partial charge is 0.491 e. The van der Waals surface area contributed by atoms with Crippen molar-refractivity contribution >= 4 is 11.8 Å². The number of para-hydroxylation sites is 1. The molecule has 0 aliphatic carbocycles. The molecule has 4 N–H and O–H groups in total. The van der Waals surface area contributed by atoms with Crippen molar-refractivity contribution in [3.8, 4) is 5.75 Å². The van der Waals surface area contributed by atoms with Crippen LogP contribution in [0.5, 0.6) is 5.75 Å². The molecule has 1 atom stereocenters. The Labute approximate surface area is 91.7 Å². The van der Waals surface area contributed by atoms with E-state index in [0.29, 0.717) is 6.61 Å². The molecule has 0 saturated carbocycles. The minimum absolute atomic E-state index is 0.305. The molecule has 2 amide bonds. The molecule has 16 heavy (non-hydrogen) atoms. The highest BCUT2D eigenvalue weighted by atomic mass is 16.5. The number of fused-ring (bicyclic) bond motifs is 1. The fourth-order valence-corrected chi connectivity index (χ4v) is 1.57. The third-order valence-electron chi connectivity index (χ3n) is 2.34. The Morgan fingerprint density at radius 2 is 2.06 bits per heavy atom. The number of rotatable bonds is 1. The highest BCUT2D eigenvalue weighted by molar-refractivity contribution is 6.35. The molecule has 1 aliphatic heterocycles. The maximum atomic E-state index is 11.3. The lowest BCUT2D eigenvalue weighted by Crippen LogP contribution is -2.44. The minimum atomic E-state index is -0.871. The molecule has 0 aromatic heterocycles. The predicted octanol–water partition coefficient (Wildman–Crippen LogP) is -0.774. The summed E-state index contributed by atoms with van der Waals surface area (Å²) in [5.41, 5.74) is 2.63. The first-order valence-corrected chi connectivity index (χ1v) is 4.75. The van der Waals surface area contributed by atoms with E-state index in [9.17, 15) is 9.59 Å². The number of ether oxygens (including phenoxy) is 1. The van der Waals surface area contributed by atoms with Crippen molar-refractivity contribution in [2.45, 2.75) is 6.04 Å². The lowest BCUT2D eigenvalue weighted by molar-refractivity contribution is -0.139. The van der Waals surface area contributed by atoms with Gasteiger partial charge in [0.05, 0.1) is 6.04 Å². The molecule has 1 aliphatic rings. The van der Waals surface area contributed by atoms with E-state index in [1.165, 1.54) is 0 Å². The quantitative estimate of drug-likeness (QED) is 0.251. The Hall–Kier alpha value is -2.08. The predicted molar refractivity (Wildman–Crippen MR) is 55.2 cm³/mol. The zero-order valence-electron chi connectivity index (χ0n) is 8.40. The van der Waals surface area contributed by atoms with Crippen LogP contribution in [0, 0.1) is 0 Å². The summed E-state index contributed by atoms with van der Waals surface area (Å²) < 4.78 is 5.35. The fourth-order valence-electron chi connectivity index (χ4n) is 1.57. The summed E-state index contributed by atoms with van der Waals surface area (Å²) in [6.07, 6.45) is 0. The summed E-state index contributed by atoms with van der Waals surface area (Å²) in [5.74, 6) is 3.93. The van der Waals surface area contributed by atoms with Gasteiger partial charge in [-0.05, 0) is 6.07 Å². The van der Waals surface area contributed by atoms with Crippen molar-refractivity contribution in [3.63, 3.8) is 0 Å². The van der Waals surface area contributed by atoms with Crippen molar-refractivity contribution in [3.05, 3.63) is 29.8 Å². The van der Waals surface area contributed by atoms with E-state index in [4.69, 9.17) is 10.6 Å². The van der Waals surface area contributed by atoms with Crippen LogP contribution in [-0.2, 0) is 9.59 Å². The normalized spacial score (nSPS) is 17.2. The van der Waals surface area contributed by atoms with Crippen LogP contribution >= 0.6 is 0 Å². The molecule has 6 heteroatoms. The second-order valence-electron chi connectivity index (χ2n) is 3.35. The summed E-state index contributed by atoms with van der Waals surface area (Å²) >= 11 is 0. The SMILES string of the molecule is NNC(=O)C(=O)NC1COc2ccccc21. The van der Waals surface area contributed by atoms with Crippen LogP contribution in [0.3, 0.4) is 0 Å². The van der Waals surface area contributed by atoms with Gasteiger partial charge in [-0.25, -0.2) is 5.84 Å². The van der Waals surface area contributed by atoms with Gasteiger partial charge >= 0.3 is 11.8 Å². The van der Waals surface area contributed by atoms with Crippen molar-refractivity contribution in [2.75, 3.05) is 6.61 Å². The van der Waals surface area contributed by atoms with Crippen molar-refractivity contribution in [2.24, 2.45) is 5.84 Å². The smallest absolute Gasteiger partial charge is 0.323 e. The molecule has 0 radical (unpaired) electrons. The standard InChI is InChI=1S/C10H11N3O3/c11-13-10(15)9(14)12-7-5-16-8-4-2-1-3-6(7)8/h1-4,7H,5,11H2,(H,12,14)(H,13,15). The highest BCUT2D eigenvalue weighted by Gasteiger charge is 2.26. The maximum Gasteiger partial charge on any atom is 0.323 e. The van der Waals surface area contributed by atoms with E-state index in [1.807, 2.05) is 24.3 Å². The third kappa shape index (κ3) is 1.82. The number of nitrogens with two attached hydrogens (primary N) is 1. The number of hydrogen-bond donors (Lipinski definition) is 3. The van der Waals surface area contributed by atoms with E-state index < -0.39 is 11.8 Å². The van der Waals surface area contributed by atoms with Crippen LogP contribution in [0.1, 0.15) is 11.6 Å². The van der Waals surface area contributed by atoms with E-state index >= 15 is 0 Å². The van der Waals surface area contributed by atoms with E-state index in [2.05, 4.69) is 5.32 Å². The van der Waals surface area contributed by atoms with Gasteiger partial charge in [0.1, 0.15) is 12.4 Å². The van der Waals surface area contributed by atoms with E-state index in [1.54, 1.807) is 5.43 Å². The molecular weight excluding hydrogens is 210 g/mol. The number of amides is 2. The van der Waals surface area contributed by atoms with Crippen molar-refractivity contribution in [1.29, 1.82) is 0 Å². The Morgan fingerprint density at radius 3 is 2.81 bits per heavy atom. The number of nitrogens with one attached hydrogen (secondary N) is 2. The summed E-state index contributed by atoms with van der Waals surface area (Å²) in [4.78, 5) is 22.2. The Balaban J connectivity index is 2.09. The zero-order chi connectivity index (χ0) is 11.5. The van der Waals surface area contributed by atoms with Crippen LogP contribution in [0.15, 0.2) is 24.3 Å². The fraction of sp³-hybridized carbons (Fsp3) is 0.200. The highest BCUT2D eigenvalue weighted by Crippen LogP contribution is 2.31. The van der Waals surface area contributed by atoms with Gasteiger partial charge in [-0.2, -0.15) is 0 Å². The first-order chi connectivity index (χ1) is 7.72. The molecular formula is C10H11N3O3. The van der Waals surface area contributed by atoms with Gasteiger partial charge in [-0.15, -0.1) is 0 Å². The van der Waals surface area contributed by atoms with Gasteiger partial charge in [-0.1, -0.05) is 18.2 Å². The summed E-state index contributed by atoms with van der Waals surface area (Å²) in [5, 5.41) is 2.53. The number of carbonyl (C=O) groups excluding carboxylic acids is 2. The van der Waals surface area contributed by atoms with Gasteiger partial charge in [0.2, 0.25) is 0 Å². The van der Waals surface area contributed by atoms with Gasteiger partial charge in [0.15, 0.2) is 0 Å². The van der Waals surface area contributed by atoms with Gasteiger partial charge in [0.25, 0.3) is 0 Å². The van der Waals surface area contributed by atoms with Crippen molar-refractivity contribution in [1.82, 2.24) is 10.7 Å². The van der Waals surface area contributed by atoms with Gasteiger partial charge < -0.3 is 10.1 Å². The molecule has 84 valence electrons. The topological polar surface area (TPSA) is 93.5 Å². The van der Waals surface area contributed by atoms with Crippen molar-refractivity contribution < 1.29 is 14.3 Å². The molecule has 0 saturated heterocycles. The van der Waals surface area contributed by atoms with Crippen LogP contribution in [-0.4, -0.2) is 18.4 Å². The lowest BCUT2D eigenvalue weighted by Gasteiger charge is -2.10. The molecule has 0 fully saturated rings. The average molecular weight is 221 g/mol. The van der Waals surface area contributed by atoms with Crippen LogP contribution in [0.4, 0.5) is 0 Å². The molecule has 2 rings (SSSR count). The Morgan fingerprint density at radius 1 is 1.31 bits per heavy atom.